The molecule has 0 aliphatic heterocycles. The lowest BCUT2D eigenvalue weighted by molar-refractivity contribution is 0.293. The highest BCUT2D eigenvalue weighted by atomic mass is 16.5. The average Bonchev–Trinajstić information content (AvgIpc) is 2.71. The first-order chi connectivity index (χ1) is 13.3. The quantitative estimate of drug-likeness (QED) is 0.363. The highest BCUT2D eigenvalue weighted by Crippen LogP contribution is 2.43. The van der Waals surface area contributed by atoms with Gasteiger partial charge < -0.3 is 14.2 Å². The van der Waals surface area contributed by atoms with Crippen LogP contribution in [0.1, 0.15) is 39.5 Å². The van der Waals surface area contributed by atoms with Gasteiger partial charge in [0, 0.05) is 16.8 Å². The van der Waals surface area contributed by atoms with E-state index in [0.717, 1.165) is 53.7 Å². The Hall–Kier alpha value is -2.68. The fourth-order valence-electron chi connectivity index (χ4n) is 2.90. The zero-order valence-corrected chi connectivity index (χ0v) is 16.2. The topological polar surface area (TPSA) is 27.7 Å². The molecular weight excluding hydrogens is 336 g/mol. The van der Waals surface area contributed by atoms with Crippen LogP contribution in [0, 0.1) is 0 Å². The van der Waals surface area contributed by atoms with Crippen molar-refractivity contribution in [2.24, 2.45) is 0 Å². The van der Waals surface area contributed by atoms with Crippen LogP contribution in [0.2, 0.25) is 0 Å². The summed E-state index contributed by atoms with van der Waals surface area (Å²) in [6.07, 6.45) is 4.22. The largest absolute Gasteiger partial charge is 0.493 e. The second-order valence-electron chi connectivity index (χ2n) is 6.57. The number of hydrogen-bond donors (Lipinski definition) is 0. The first-order valence-corrected chi connectivity index (χ1v) is 9.87. The number of benzene rings is 3. The van der Waals surface area contributed by atoms with E-state index in [9.17, 15) is 0 Å². The third-order valence-corrected chi connectivity index (χ3v) is 4.39. The van der Waals surface area contributed by atoms with Gasteiger partial charge >= 0.3 is 0 Å². The molecule has 0 unspecified atom stereocenters. The Balaban J connectivity index is 2.03. The maximum absolute atomic E-state index is 6.19. The van der Waals surface area contributed by atoms with Crippen molar-refractivity contribution in [1.82, 2.24) is 0 Å². The molecule has 0 saturated carbocycles. The highest BCUT2D eigenvalue weighted by molar-refractivity contribution is 5.95. The molecular formula is C24H28O3. The molecule has 27 heavy (non-hydrogen) atoms. The first-order valence-electron chi connectivity index (χ1n) is 9.87. The molecule has 0 atom stereocenters. The van der Waals surface area contributed by atoms with Crippen LogP contribution >= 0.6 is 0 Å². The van der Waals surface area contributed by atoms with E-state index in [-0.39, 0.29) is 0 Å². The van der Waals surface area contributed by atoms with Crippen LogP contribution in [0.15, 0.2) is 60.7 Å². The summed E-state index contributed by atoms with van der Waals surface area (Å²) >= 11 is 0. The van der Waals surface area contributed by atoms with Gasteiger partial charge in [-0.05, 0) is 25.0 Å². The van der Waals surface area contributed by atoms with Crippen molar-refractivity contribution < 1.29 is 14.2 Å². The lowest BCUT2D eigenvalue weighted by Crippen LogP contribution is -2.02. The van der Waals surface area contributed by atoms with E-state index in [1.54, 1.807) is 0 Å². The summed E-state index contributed by atoms with van der Waals surface area (Å²) in [7, 11) is 0. The standard InChI is InChI=1S/C24H28O3/c1-3-5-16-25-22-18-23(27-19-12-8-7-9-13-19)24(26-17-6-4-2)21-15-11-10-14-20(21)22/h7-15,18H,3-6,16-17H2,1-2H3. The first kappa shape index (κ1) is 19.1. The molecule has 0 heterocycles. The van der Waals surface area contributed by atoms with Crippen molar-refractivity contribution >= 4 is 10.8 Å². The summed E-state index contributed by atoms with van der Waals surface area (Å²) in [6.45, 7) is 5.69. The smallest absolute Gasteiger partial charge is 0.173 e. The summed E-state index contributed by atoms with van der Waals surface area (Å²) in [5.74, 6) is 3.11. The molecule has 3 rings (SSSR count). The van der Waals surface area contributed by atoms with Gasteiger partial charge in [0.25, 0.3) is 0 Å². The van der Waals surface area contributed by atoms with Gasteiger partial charge in [-0.15, -0.1) is 0 Å². The minimum absolute atomic E-state index is 0.668. The van der Waals surface area contributed by atoms with E-state index in [1.807, 2.05) is 48.5 Å². The van der Waals surface area contributed by atoms with Crippen LogP contribution in [-0.4, -0.2) is 13.2 Å². The Morgan fingerprint density at radius 1 is 0.667 bits per heavy atom. The van der Waals surface area contributed by atoms with Gasteiger partial charge in [-0.1, -0.05) is 69.2 Å². The average molecular weight is 364 g/mol. The molecule has 0 spiro atoms. The molecule has 0 aromatic heterocycles. The number of unbranched alkanes of at least 4 members (excludes halogenated alkanes) is 2. The number of rotatable bonds is 10. The number of fused-ring (bicyclic) bond motifs is 1. The van der Waals surface area contributed by atoms with E-state index in [4.69, 9.17) is 14.2 Å². The van der Waals surface area contributed by atoms with Crippen molar-refractivity contribution in [2.75, 3.05) is 13.2 Å². The summed E-state index contributed by atoms with van der Waals surface area (Å²) in [4.78, 5) is 0. The molecule has 0 radical (unpaired) electrons. The summed E-state index contributed by atoms with van der Waals surface area (Å²) < 4.78 is 18.4. The summed E-state index contributed by atoms with van der Waals surface area (Å²) in [5.41, 5.74) is 0. The van der Waals surface area contributed by atoms with Crippen LogP contribution in [0.5, 0.6) is 23.0 Å². The molecule has 142 valence electrons. The minimum atomic E-state index is 0.668. The second-order valence-corrected chi connectivity index (χ2v) is 6.57. The van der Waals surface area contributed by atoms with Crippen molar-refractivity contribution in [1.29, 1.82) is 0 Å². The number of hydrogen-bond acceptors (Lipinski definition) is 3. The van der Waals surface area contributed by atoms with Crippen molar-refractivity contribution in [3.05, 3.63) is 60.7 Å². The zero-order valence-electron chi connectivity index (χ0n) is 16.2. The van der Waals surface area contributed by atoms with E-state index >= 15 is 0 Å². The van der Waals surface area contributed by atoms with Crippen molar-refractivity contribution in [2.45, 2.75) is 39.5 Å². The molecule has 0 aliphatic carbocycles. The van der Waals surface area contributed by atoms with Gasteiger partial charge in [0.2, 0.25) is 0 Å². The fraction of sp³-hybridized carbons (Fsp3) is 0.333. The van der Waals surface area contributed by atoms with Gasteiger partial charge in [-0.25, -0.2) is 0 Å². The predicted molar refractivity (Wildman–Crippen MR) is 111 cm³/mol. The lowest BCUT2D eigenvalue weighted by Gasteiger charge is -2.18. The maximum Gasteiger partial charge on any atom is 0.173 e. The molecule has 3 nitrogen and oxygen atoms in total. The summed E-state index contributed by atoms with van der Waals surface area (Å²) in [5, 5.41) is 2.08. The van der Waals surface area contributed by atoms with E-state index < -0.39 is 0 Å². The third-order valence-electron chi connectivity index (χ3n) is 4.39. The van der Waals surface area contributed by atoms with E-state index in [2.05, 4.69) is 26.0 Å². The van der Waals surface area contributed by atoms with Crippen LogP contribution in [0.25, 0.3) is 10.8 Å². The lowest BCUT2D eigenvalue weighted by atomic mass is 10.1. The van der Waals surface area contributed by atoms with Gasteiger partial charge in [0.1, 0.15) is 11.5 Å². The van der Waals surface area contributed by atoms with Crippen LogP contribution in [0.4, 0.5) is 0 Å². The van der Waals surface area contributed by atoms with Gasteiger partial charge in [0.05, 0.1) is 13.2 Å². The molecule has 3 aromatic rings. The molecule has 0 amide bonds. The molecule has 0 N–H and O–H groups in total. The maximum atomic E-state index is 6.19. The Morgan fingerprint density at radius 2 is 1.30 bits per heavy atom. The van der Waals surface area contributed by atoms with Gasteiger partial charge in [-0.2, -0.15) is 0 Å². The van der Waals surface area contributed by atoms with Gasteiger partial charge in [0.15, 0.2) is 11.5 Å². The third kappa shape index (κ3) is 4.94. The van der Waals surface area contributed by atoms with Crippen LogP contribution in [-0.2, 0) is 0 Å². The molecule has 0 fully saturated rings. The Morgan fingerprint density at radius 3 is 2.00 bits per heavy atom. The van der Waals surface area contributed by atoms with Crippen molar-refractivity contribution in [3.63, 3.8) is 0 Å². The molecule has 0 bridgehead atoms. The fourth-order valence-corrected chi connectivity index (χ4v) is 2.90. The Bertz CT molecular complexity index is 843. The predicted octanol–water partition coefficient (Wildman–Crippen LogP) is 6.99. The van der Waals surface area contributed by atoms with Crippen LogP contribution < -0.4 is 14.2 Å². The zero-order chi connectivity index (χ0) is 18.9. The van der Waals surface area contributed by atoms with Crippen LogP contribution in [0.3, 0.4) is 0 Å². The number of ether oxygens (including phenoxy) is 3. The highest BCUT2D eigenvalue weighted by Gasteiger charge is 2.16. The molecule has 0 saturated heterocycles. The second kappa shape index (κ2) is 9.86. The summed E-state index contributed by atoms with van der Waals surface area (Å²) in [6, 6.07) is 20.0. The normalized spacial score (nSPS) is 10.7. The molecule has 0 aliphatic rings. The monoisotopic (exact) mass is 364 g/mol. The van der Waals surface area contributed by atoms with E-state index in [1.165, 1.54) is 0 Å². The Kier molecular flexibility index (Phi) is 6.97. The molecule has 3 aromatic carbocycles. The number of para-hydroxylation sites is 1. The van der Waals surface area contributed by atoms with E-state index in [0.29, 0.717) is 19.0 Å². The Labute approximate surface area is 161 Å². The SMILES string of the molecule is CCCCOc1cc(Oc2ccccc2)c(OCCCC)c2ccccc12. The van der Waals surface area contributed by atoms with Gasteiger partial charge in [-0.3, -0.25) is 0 Å². The minimum Gasteiger partial charge on any atom is -0.493 e. The molecule has 3 heteroatoms. The van der Waals surface area contributed by atoms with Crippen molar-refractivity contribution in [3.8, 4) is 23.0 Å².